The van der Waals surface area contributed by atoms with Gasteiger partial charge >= 0.3 is 0 Å². The monoisotopic (exact) mass is 235 g/mol. The maximum atomic E-state index is 11.6. The molecule has 1 aromatic carbocycles. The minimum atomic E-state index is -0.539. The van der Waals surface area contributed by atoms with Gasteiger partial charge in [0.1, 0.15) is 11.5 Å². The fraction of sp³-hybridized carbons (Fsp3) is 0.111. The third-order valence-electron chi connectivity index (χ3n) is 2.02. The molecule has 0 aliphatic carbocycles. The van der Waals surface area contributed by atoms with Crippen LogP contribution in [0, 0.1) is 0 Å². The van der Waals surface area contributed by atoms with Crippen molar-refractivity contribution in [2.45, 2.75) is 6.54 Å². The Hall–Kier alpha value is -2.64. The maximum absolute atomic E-state index is 11.6. The van der Waals surface area contributed by atoms with Crippen molar-refractivity contribution >= 4 is 5.91 Å². The Bertz CT molecular complexity index is 525. The van der Waals surface area contributed by atoms with E-state index in [-0.39, 0.29) is 23.6 Å². The molecule has 0 atom stereocenters. The van der Waals surface area contributed by atoms with Crippen LogP contribution in [0.5, 0.6) is 11.5 Å². The van der Waals surface area contributed by atoms with Crippen LogP contribution >= 0.6 is 0 Å². The van der Waals surface area contributed by atoms with E-state index in [9.17, 15) is 15.0 Å². The van der Waals surface area contributed by atoms with Crippen LogP contribution in [-0.4, -0.2) is 36.7 Å². The molecule has 0 radical (unpaired) electrons. The molecule has 8 nitrogen and oxygen atoms in total. The van der Waals surface area contributed by atoms with Gasteiger partial charge in [0.2, 0.25) is 0 Å². The fourth-order valence-electron chi connectivity index (χ4n) is 1.22. The average Bonchev–Trinajstić information content (AvgIpc) is 2.82. The lowest BCUT2D eigenvalue weighted by Crippen LogP contribution is -2.23. The number of carbonyl (C=O) groups is 1. The summed E-state index contributed by atoms with van der Waals surface area (Å²) in [4.78, 5) is 11.6. The zero-order valence-corrected chi connectivity index (χ0v) is 8.58. The molecule has 0 fully saturated rings. The number of tetrazole rings is 1. The number of hydrogen-bond donors (Lipinski definition) is 4. The molecule has 1 amide bonds. The Labute approximate surface area is 95.3 Å². The molecule has 0 bridgehead atoms. The lowest BCUT2D eigenvalue weighted by Gasteiger charge is -2.05. The van der Waals surface area contributed by atoms with E-state index in [0.29, 0.717) is 5.82 Å². The molecule has 2 rings (SSSR count). The summed E-state index contributed by atoms with van der Waals surface area (Å²) >= 11 is 0. The normalized spacial score (nSPS) is 10.1. The van der Waals surface area contributed by atoms with Crippen molar-refractivity contribution in [2.24, 2.45) is 0 Å². The number of H-pyrrole nitrogens is 1. The number of aromatic nitrogens is 4. The first-order chi connectivity index (χ1) is 8.16. The van der Waals surface area contributed by atoms with Crippen LogP contribution in [0.3, 0.4) is 0 Å². The van der Waals surface area contributed by atoms with E-state index in [1.807, 2.05) is 0 Å². The van der Waals surface area contributed by atoms with Gasteiger partial charge in [-0.05, 0) is 18.2 Å². The molecule has 1 aromatic heterocycles. The number of nitrogens with zero attached hydrogens (tertiary/aromatic N) is 3. The topological polar surface area (TPSA) is 124 Å². The molecule has 17 heavy (non-hydrogen) atoms. The summed E-state index contributed by atoms with van der Waals surface area (Å²) < 4.78 is 0. The minimum Gasteiger partial charge on any atom is -0.508 e. The molecule has 0 spiro atoms. The Morgan fingerprint density at radius 2 is 2.24 bits per heavy atom. The smallest absolute Gasteiger partial charge is 0.255 e. The first-order valence-corrected chi connectivity index (χ1v) is 4.69. The van der Waals surface area contributed by atoms with Crippen LogP contribution in [0.1, 0.15) is 16.2 Å². The summed E-state index contributed by atoms with van der Waals surface area (Å²) in [6, 6.07) is 3.69. The standard InChI is InChI=1S/C9H9N5O3/c15-5-1-2-7(16)6(3-5)9(17)10-4-8-11-13-14-12-8/h1-3,15-16H,4H2,(H,10,17)(H,11,12,13,14). The molecule has 88 valence electrons. The highest BCUT2D eigenvalue weighted by molar-refractivity contribution is 5.97. The van der Waals surface area contributed by atoms with Gasteiger partial charge in [0, 0.05) is 0 Å². The summed E-state index contributed by atoms with van der Waals surface area (Å²) in [6.07, 6.45) is 0. The number of carbonyl (C=O) groups excluding carboxylic acids is 1. The molecule has 2 aromatic rings. The second-order valence-electron chi connectivity index (χ2n) is 3.21. The number of aromatic hydroxyl groups is 2. The van der Waals surface area contributed by atoms with Crippen LogP contribution < -0.4 is 5.32 Å². The highest BCUT2D eigenvalue weighted by Crippen LogP contribution is 2.21. The van der Waals surface area contributed by atoms with Crippen LogP contribution in [-0.2, 0) is 6.54 Å². The molecule has 0 aliphatic rings. The number of phenols is 2. The highest BCUT2D eigenvalue weighted by atomic mass is 16.3. The van der Waals surface area contributed by atoms with E-state index in [1.54, 1.807) is 0 Å². The Morgan fingerprint density at radius 3 is 2.94 bits per heavy atom. The zero-order valence-electron chi connectivity index (χ0n) is 8.58. The molecule has 0 saturated carbocycles. The van der Waals surface area contributed by atoms with Gasteiger partial charge in [-0.2, -0.15) is 5.21 Å². The number of aromatic amines is 1. The first-order valence-electron chi connectivity index (χ1n) is 4.69. The predicted octanol–water partition coefficient (Wildman–Crippen LogP) is -0.459. The number of hydrogen-bond acceptors (Lipinski definition) is 6. The second-order valence-corrected chi connectivity index (χ2v) is 3.21. The maximum Gasteiger partial charge on any atom is 0.255 e. The largest absolute Gasteiger partial charge is 0.508 e. The van der Waals surface area contributed by atoms with E-state index in [1.165, 1.54) is 18.2 Å². The van der Waals surface area contributed by atoms with Crippen LogP contribution in [0.4, 0.5) is 0 Å². The highest BCUT2D eigenvalue weighted by Gasteiger charge is 2.12. The minimum absolute atomic E-state index is 0.0199. The molecule has 4 N–H and O–H groups in total. The average molecular weight is 235 g/mol. The predicted molar refractivity (Wildman–Crippen MR) is 55.1 cm³/mol. The van der Waals surface area contributed by atoms with Crippen molar-refractivity contribution in [1.29, 1.82) is 0 Å². The van der Waals surface area contributed by atoms with Crippen molar-refractivity contribution in [3.05, 3.63) is 29.6 Å². The molecule has 1 heterocycles. The molecule has 0 unspecified atom stereocenters. The lowest BCUT2D eigenvalue weighted by atomic mass is 10.2. The Balaban J connectivity index is 2.07. The van der Waals surface area contributed by atoms with Gasteiger partial charge in [-0.25, -0.2) is 0 Å². The number of amides is 1. The van der Waals surface area contributed by atoms with Crippen LogP contribution in [0.15, 0.2) is 18.2 Å². The Kier molecular flexibility index (Phi) is 2.86. The van der Waals surface area contributed by atoms with Crippen molar-refractivity contribution in [2.75, 3.05) is 0 Å². The lowest BCUT2D eigenvalue weighted by molar-refractivity contribution is 0.0947. The molecular weight excluding hydrogens is 226 g/mol. The summed E-state index contributed by atoms with van der Waals surface area (Å²) in [5, 5.41) is 34.0. The fourth-order valence-corrected chi connectivity index (χ4v) is 1.22. The van der Waals surface area contributed by atoms with E-state index in [2.05, 4.69) is 25.9 Å². The third kappa shape index (κ3) is 2.48. The van der Waals surface area contributed by atoms with Gasteiger partial charge in [-0.1, -0.05) is 5.21 Å². The summed E-state index contributed by atoms with van der Waals surface area (Å²) in [5.74, 6) is -0.540. The number of rotatable bonds is 3. The van der Waals surface area contributed by atoms with E-state index >= 15 is 0 Å². The van der Waals surface area contributed by atoms with Crippen molar-refractivity contribution in [1.82, 2.24) is 25.9 Å². The first kappa shape index (κ1) is 10.9. The van der Waals surface area contributed by atoms with Gasteiger partial charge in [0.25, 0.3) is 5.91 Å². The van der Waals surface area contributed by atoms with Crippen molar-refractivity contribution in [3.8, 4) is 11.5 Å². The number of nitrogens with one attached hydrogen (secondary N) is 2. The van der Waals surface area contributed by atoms with Crippen LogP contribution in [0.25, 0.3) is 0 Å². The van der Waals surface area contributed by atoms with Crippen molar-refractivity contribution < 1.29 is 15.0 Å². The molecule has 0 aliphatic heterocycles. The molecule has 0 saturated heterocycles. The van der Waals surface area contributed by atoms with Gasteiger partial charge in [0.05, 0.1) is 12.1 Å². The van der Waals surface area contributed by atoms with Gasteiger partial charge in [0.15, 0.2) is 5.82 Å². The van der Waals surface area contributed by atoms with E-state index < -0.39 is 5.91 Å². The van der Waals surface area contributed by atoms with Gasteiger partial charge < -0.3 is 15.5 Å². The SMILES string of the molecule is O=C(NCc1nn[nH]n1)c1cc(O)ccc1O. The zero-order chi connectivity index (χ0) is 12.3. The van der Waals surface area contributed by atoms with Gasteiger partial charge in [-0.15, -0.1) is 10.2 Å². The molecular formula is C9H9N5O3. The Morgan fingerprint density at radius 1 is 1.41 bits per heavy atom. The number of benzene rings is 1. The van der Waals surface area contributed by atoms with Crippen molar-refractivity contribution in [3.63, 3.8) is 0 Å². The third-order valence-corrected chi connectivity index (χ3v) is 2.02. The van der Waals surface area contributed by atoms with E-state index in [0.717, 1.165) is 0 Å². The summed E-state index contributed by atoms with van der Waals surface area (Å²) in [7, 11) is 0. The second kappa shape index (κ2) is 4.47. The molecule has 8 heteroatoms. The van der Waals surface area contributed by atoms with Gasteiger partial charge in [-0.3, -0.25) is 4.79 Å². The quantitative estimate of drug-likeness (QED) is 0.534. The van der Waals surface area contributed by atoms with Crippen LogP contribution in [0.2, 0.25) is 0 Å². The summed E-state index contributed by atoms with van der Waals surface area (Å²) in [6.45, 7) is 0.0738. The van der Waals surface area contributed by atoms with E-state index in [4.69, 9.17) is 0 Å². The number of phenolic OH excluding ortho intramolecular Hbond substituents is 2. The summed E-state index contributed by atoms with van der Waals surface area (Å²) in [5.41, 5.74) is -0.0199.